The maximum atomic E-state index is 6.86. The minimum atomic E-state index is 0.109. The maximum absolute atomic E-state index is 6.86. The number of para-hydroxylation sites is 2. The van der Waals surface area contributed by atoms with Crippen molar-refractivity contribution in [1.82, 2.24) is 9.97 Å². The second kappa shape index (κ2) is 6.30. The molecule has 0 aliphatic heterocycles. The lowest BCUT2D eigenvalue weighted by Crippen LogP contribution is -2.17. The van der Waals surface area contributed by atoms with E-state index in [9.17, 15) is 0 Å². The highest BCUT2D eigenvalue weighted by Gasteiger charge is 2.38. The van der Waals surface area contributed by atoms with Gasteiger partial charge in [-0.15, -0.1) is 0 Å². The molecule has 2 aliphatic rings. The predicted molar refractivity (Wildman–Crippen MR) is 130 cm³/mol. The molecule has 2 bridgehead atoms. The number of nitrogens with zero attached hydrogens (tertiary/aromatic N) is 2. The van der Waals surface area contributed by atoms with Gasteiger partial charge in [0.15, 0.2) is 0 Å². The van der Waals surface area contributed by atoms with E-state index >= 15 is 0 Å². The van der Waals surface area contributed by atoms with Crippen LogP contribution in [0, 0.1) is 0 Å². The van der Waals surface area contributed by atoms with Crippen LogP contribution in [0.4, 0.5) is 11.4 Å². The summed E-state index contributed by atoms with van der Waals surface area (Å²) in [7, 11) is 0. The van der Waals surface area contributed by atoms with Gasteiger partial charge in [0.1, 0.15) is 0 Å². The first-order valence-electron chi connectivity index (χ1n) is 11.1. The van der Waals surface area contributed by atoms with Crippen LogP contribution >= 0.6 is 0 Å². The summed E-state index contributed by atoms with van der Waals surface area (Å²) < 4.78 is 0. The average molecular weight is 415 g/mol. The lowest BCUT2D eigenvalue weighted by molar-refractivity contribution is 0.737. The Hall–Kier alpha value is -3.92. The highest BCUT2D eigenvalue weighted by atomic mass is 14.8. The Morgan fingerprint density at radius 3 is 1.44 bits per heavy atom. The molecule has 0 amide bonds. The van der Waals surface area contributed by atoms with Crippen molar-refractivity contribution in [3.8, 4) is 0 Å². The Morgan fingerprint density at radius 2 is 0.969 bits per heavy atom. The van der Waals surface area contributed by atoms with E-state index in [0.29, 0.717) is 0 Å². The van der Waals surface area contributed by atoms with Crippen molar-refractivity contribution >= 4 is 33.2 Å². The Bertz CT molecular complexity index is 1450. The number of fused-ring (bicyclic) bond motifs is 6. The van der Waals surface area contributed by atoms with E-state index in [-0.39, 0.29) is 11.8 Å². The van der Waals surface area contributed by atoms with Crippen LogP contribution in [0.15, 0.2) is 72.8 Å². The Balaban J connectivity index is 1.60. The molecule has 154 valence electrons. The van der Waals surface area contributed by atoms with Crippen LogP contribution in [0.2, 0.25) is 0 Å². The zero-order valence-corrected chi connectivity index (χ0v) is 17.5. The summed E-state index contributed by atoms with van der Waals surface area (Å²) in [4.78, 5) is 10.3. The van der Waals surface area contributed by atoms with Crippen molar-refractivity contribution in [3.05, 3.63) is 106 Å². The van der Waals surface area contributed by atoms with Crippen LogP contribution in [0.3, 0.4) is 0 Å². The molecule has 2 aliphatic carbocycles. The minimum absolute atomic E-state index is 0.109. The van der Waals surface area contributed by atoms with Gasteiger partial charge in [-0.2, -0.15) is 0 Å². The summed E-state index contributed by atoms with van der Waals surface area (Å²) in [5.41, 5.74) is 24.5. The Labute approximate surface area is 185 Å². The fourth-order valence-electron chi connectivity index (χ4n) is 5.97. The molecular formula is C28H22N4. The number of rotatable bonds is 0. The summed E-state index contributed by atoms with van der Waals surface area (Å²) in [5, 5.41) is 2.05. The van der Waals surface area contributed by atoms with Gasteiger partial charge in [0.25, 0.3) is 0 Å². The third-order valence-corrected chi connectivity index (χ3v) is 7.34. The van der Waals surface area contributed by atoms with Crippen molar-refractivity contribution in [3.63, 3.8) is 0 Å². The molecule has 0 saturated heterocycles. The molecule has 4 heteroatoms. The van der Waals surface area contributed by atoms with Gasteiger partial charge in [0.2, 0.25) is 0 Å². The Kier molecular flexibility index (Phi) is 3.49. The summed E-state index contributed by atoms with van der Waals surface area (Å²) in [6, 6.07) is 25.1. The second-order valence-electron chi connectivity index (χ2n) is 8.95. The molecule has 4 nitrogen and oxygen atoms in total. The molecule has 0 radical (unpaired) electrons. The van der Waals surface area contributed by atoms with E-state index < -0.39 is 0 Å². The number of hydrogen-bond acceptors (Lipinski definition) is 4. The van der Waals surface area contributed by atoms with Gasteiger partial charge in [-0.3, -0.25) is 9.97 Å². The van der Waals surface area contributed by atoms with Crippen LogP contribution in [-0.2, 0) is 12.8 Å². The first-order chi connectivity index (χ1) is 15.7. The molecule has 4 N–H and O–H groups in total. The van der Waals surface area contributed by atoms with E-state index in [1.807, 2.05) is 24.3 Å². The number of pyridine rings is 2. The number of benzene rings is 3. The molecule has 0 fully saturated rings. The van der Waals surface area contributed by atoms with Gasteiger partial charge in [-0.05, 0) is 23.3 Å². The molecular weight excluding hydrogens is 392 g/mol. The highest BCUT2D eigenvalue weighted by Crippen LogP contribution is 2.51. The average Bonchev–Trinajstić information content (AvgIpc) is 3.03. The molecule has 0 spiro atoms. The summed E-state index contributed by atoms with van der Waals surface area (Å²) >= 11 is 0. The maximum Gasteiger partial charge on any atom is 0.0726 e. The molecule has 3 aromatic carbocycles. The molecule has 2 aromatic heterocycles. The van der Waals surface area contributed by atoms with Crippen LogP contribution < -0.4 is 11.5 Å². The lowest BCUT2D eigenvalue weighted by atomic mass is 9.82. The number of anilines is 2. The summed E-state index contributed by atoms with van der Waals surface area (Å²) in [6.45, 7) is 0. The standard InChI is InChI=1S/C28H22N4/c29-27-17-9-3-5-11-21(17)32-24-14-20-16-8-2-1-7-15(16)19(25(24)27)13-23-26(20)28(30)18-10-4-6-12-22(18)31-23/h1-12,19-20H,13-14H2,(H2,29,32)(H2,30,31)/t19-,20-/m0/s1. The van der Waals surface area contributed by atoms with E-state index in [0.717, 1.165) is 68.5 Å². The predicted octanol–water partition coefficient (Wildman–Crippen LogP) is 5.32. The van der Waals surface area contributed by atoms with Crippen molar-refractivity contribution in [2.75, 3.05) is 11.5 Å². The zero-order chi connectivity index (χ0) is 21.4. The molecule has 2 atom stereocenters. The van der Waals surface area contributed by atoms with Crippen molar-refractivity contribution in [1.29, 1.82) is 0 Å². The van der Waals surface area contributed by atoms with E-state index in [2.05, 4.69) is 48.5 Å². The summed E-state index contributed by atoms with van der Waals surface area (Å²) in [5.74, 6) is 0.218. The molecule has 7 rings (SSSR count). The monoisotopic (exact) mass is 414 g/mol. The van der Waals surface area contributed by atoms with Gasteiger partial charge < -0.3 is 11.5 Å². The van der Waals surface area contributed by atoms with Gasteiger partial charge >= 0.3 is 0 Å². The van der Waals surface area contributed by atoms with Gasteiger partial charge in [0.05, 0.1) is 11.0 Å². The van der Waals surface area contributed by atoms with Crippen LogP contribution in [0.25, 0.3) is 21.8 Å². The van der Waals surface area contributed by atoms with E-state index in [1.165, 1.54) is 11.1 Å². The second-order valence-corrected chi connectivity index (χ2v) is 8.95. The number of aromatic nitrogens is 2. The topological polar surface area (TPSA) is 77.8 Å². The molecule has 0 unspecified atom stereocenters. The quantitative estimate of drug-likeness (QED) is 0.359. The number of nitrogens with two attached hydrogens (primary N) is 2. The highest BCUT2D eigenvalue weighted by molar-refractivity contribution is 5.95. The molecule has 5 aromatic rings. The van der Waals surface area contributed by atoms with Crippen molar-refractivity contribution in [2.24, 2.45) is 0 Å². The summed E-state index contributed by atoms with van der Waals surface area (Å²) in [6.07, 6.45) is 1.55. The lowest BCUT2D eigenvalue weighted by Gasteiger charge is -2.25. The van der Waals surface area contributed by atoms with Gasteiger partial charge in [0, 0.05) is 69.3 Å². The van der Waals surface area contributed by atoms with E-state index in [1.54, 1.807) is 0 Å². The smallest absolute Gasteiger partial charge is 0.0726 e. The SMILES string of the molecule is Nc1c2c(nc3ccccc13)C[C@H]1c3ccccc3[C@@H]2Cc2nc3ccccc3c(N)c21. The van der Waals surface area contributed by atoms with Gasteiger partial charge in [-0.25, -0.2) is 0 Å². The van der Waals surface area contributed by atoms with Gasteiger partial charge in [-0.1, -0.05) is 60.7 Å². The zero-order valence-electron chi connectivity index (χ0n) is 17.5. The third-order valence-electron chi connectivity index (χ3n) is 7.34. The fraction of sp³-hybridized carbons (Fsp3) is 0.143. The van der Waals surface area contributed by atoms with Crippen LogP contribution in [0.5, 0.6) is 0 Å². The normalized spacial score (nSPS) is 18.6. The van der Waals surface area contributed by atoms with Crippen LogP contribution in [-0.4, -0.2) is 9.97 Å². The first-order valence-corrected chi connectivity index (χ1v) is 11.1. The number of hydrogen-bond donors (Lipinski definition) is 2. The molecule has 0 saturated carbocycles. The largest absolute Gasteiger partial charge is 0.398 e. The first kappa shape index (κ1) is 17.7. The fourth-order valence-corrected chi connectivity index (χ4v) is 5.97. The number of nitrogen functional groups attached to an aromatic ring is 2. The minimum Gasteiger partial charge on any atom is -0.398 e. The van der Waals surface area contributed by atoms with E-state index in [4.69, 9.17) is 21.4 Å². The molecule has 2 heterocycles. The molecule has 32 heavy (non-hydrogen) atoms. The third kappa shape index (κ3) is 2.27. The van der Waals surface area contributed by atoms with Crippen molar-refractivity contribution < 1.29 is 0 Å². The van der Waals surface area contributed by atoms with Crippen molar-refractivity contribution in [2.45, 2.75) is 24.7 Å². The van der Waals surface area contributed by atoms with Crippen LogP contribution in [0.1, 0.15) is 45.5 Å². The Morgan fingerprint density at radius 1 is 0.562 bits per heavy atom.